The van der Waals surface area contributed by atoms with Crippen LogP contribution in [0.3, 0.4) is 0 Å². The molecule has 0 heterocycles. The lowest BCUT2D eigenvalue weighted by molar-refractivity contribution is 0.112. The smallest absolute Gasteiger partial charge is 0.161 e. The Bertz CT molecular complexity index is 265. The average Bonchev–Trinajstić information content (AvgIpc) is 2.16. The van der Waals surface area contributed by atoms with Crippen LogP contribution in [0.5, 0.6) is 11.5 Å². The molecule has 0 fully saturated rings. The fourth-order valence-corrected chi connectivity index (χ4v) is 0.833. The van der Waals surface area contributed by atoms with E-state index in [2.05, 4.69) is 0 Å². The highest BCUT2D eigenvalue weighted by Gasteiger charge is 2.04. The van der Waals surface area contributed by atoms with Gasteiger partial charge in [0.1, 0.15) is 12.7 Å². The van der Waals surface area contributed by atoms with E-state index in [-0.39, 0.29) is 18.9 Å². The van der Waals surface area contributed by atoms with Crippen molar-refractivity contribution < 1.29 is 14.9 Å². The minimum atomic E-state index is -0.695. The van der Waals surface area contributed by atoms with E-state index in [1.54, 1.807) is 18.2 Å². The van der Waals surface area contributed by atoms with Crippen LogP contribution in [0.4, 0.5) is 0 Å². The van der Waals surface area contributed by atoms with Crippen LogP contribution in [0.2, 0.25) is 0 Å². The normalized spacial score (nSPS) is 12.5. The predicted molar refractivity (Wildman–Crippen MR) is 48.7 cm³/mol. The summed E-state index contributed by atoms with van der Waals surface area (Å²) in [5.41, 5.74) is 5.18. The van der Waals surface area contributed by atoms with Gasteiger partial charge in [0.25, 0.3) is 0 Å². The van der Waals surface area contributed by atoms with Gasteiger partial charge in [0.05, 0.1) is 0 Å². The molecule has 0 amide bonds. The first-order valence-corrected chi connectivity index (χ1v) is 4.03. The zero-order valence-electron chi connectivity index (χ0n) is 7.18. The molecular formula is C9H13NO3. The van der Waals surface area contributed by atoms with Crippen molar-refractivity contribution in [3.05, 3.63) is 24.3 Å². The maximum atomic E-state index is 9.26. The summed E-state index contributed by atoms with van der Waals surface area (Å²) in [7, 11) is 0. The zero-order valence-corrected chi connectivity index (χ0v) is 7.18. The van der Waals surface area contributed by atoms with Crippen LogP contribution in [-0.4, -0.2) is 29.5 Å². The van der Waals surface area contributed by atoms with Crippen LogP contribution in [0.1, 0.15) is 0 Å². The predicted octanol–water partition coefficient (Wildman–Crippen LogP) is 0.0906. The number of ether oxygens (including phenoxy) is 1. The van der Waals surface area contributed by atoms with Crippen molar-refractivity contribution in [2.45, 2.75) is 6.10 Å². The molecule has 1 aromatic rings. The van der Waals surface area contributed by atoms with Gasteiger partial charge < -0.3 is 20.7 Å². The standard InChI is InChI=1S/C9H13NO3/c10-5-7(11)6-13-9-4-2-1-3-8(9)12/h1-4,7,11-12H,5-6,10H2. The first-order chi connectivity index (χ1) is 6.24. The van der Waals surface area contributed by atoms with Gasteiger partial charge in [0.15, 0.2) is 11.5 Å². The molecule has 0 aliphatic rings. The van der Waals surface area contributed by atoms with Crippen molar-refractivity contribution in [3.63, 3.8) is 0 Å². The third-order valence-electron chi connectivity index (χ3n) is 1.57. The summed E-state index contributed by atoms with van der Waals surface area (Å²) in [5.74, 6) is 0.418. The fourth-order valence-electron chi connectivity index (χ4n) is 0.833. The van der Waals surface area contributed by atoms with Crippen molar-refractivity contribution in [3.8, 4) is 11.5 Å². The molecule has 0 spiro atoms. The molecule has 0 aliphatic heterocycles. The molecule has 0 aromatic heterocycles. The molecule has 13 heavy (non-hydrogen) atoms. The van der Waals surface area contributed by atoms with E-state index in [9.17, 15) is 5.11 Å². The third-order valence-corrected chi connectivity index (χ3v) is 1.57. The Morgan fingerprint density at radius 3 is 2.69 bits per heavy atom. The monoisotopic (exact) mass is 183 g/mol. The van der Waals surface area contributed by atoms with Crippen LogP contribution in [0.25, 0.3) is 0 Å². The Labute approximate surface area is 76.6 Å². The van der Waals surface area contributed by atoms with Crippen molar-refractivity contribution in [1.29, 1.82) is 0 Å². The Morgan fingerprint density at radius 1 is 1.38 bits per heavy atom. The second kappa shape index (κ2) is 4.69. The fraction of sp³-hybridized carbons (Fsp3) is 0.333. The molecule has 4 heteroatoms. The van der Waals surface area contributed by atoms with Gasteiger partial charge in [-0.1, -0.05) is 12.1 Å². The highest BCUT2D eigenvalue weighted by Crippen LogP contribution is 2.24. The van der Waals surface area contributed by atoms with E-state index < -0.39 is 6.10 Å². The Kier molecular flexibility index (Phi) is 3.54. The number of phenolic OH excluding ortho intramolecular Hbond substituents is 1. The van der Waals surface area contributed by atoms with Crippen molar-refractivity contribution in [1.82, 2.24) is 0 Å². The van der Waals surface area contributed by atoms with Crippen LogP contribution in [0.15, 0.2) is 24.3 Å². The van der Waals surface area contributed by atoms with E-state index in [4.69, 9.17) is 15.6 Å². The molecule has 0 saturated carbocycles. The van der Waals surface area contributed by atoms with Gasteiger partial charge in [-0.2, -0.15) is 0 Å². The first kappa shape index (κ1) is 9.83. The second-order valence-corrected chi connectivity index (χ2v) is 2.67. The van der Waals surface area contributed by atoms with Gasteiger partial charge in [0, 0.05) is 6.54 Å². The van der Waals surface area contributed by atoms with Crippen LogP contribution in [0, 0.1) is 0 Å². The maximum Gasteiger partial charge on any atom is 0.161 e. The summed E-state index contributed by atoms with van der Waals surface area (Å²) in [6.45, 7) is 0.238. The van der Waals surface area contributed by atoms with Gasteiger partial charge in [-0.25, -0.2) is 0 Å². The number of aromatic hydroxyl groups is 1. The van der Waals surface area contributed by atoms with E-state index in [1.165, 1.54) is 6.07 Å². The molecular weight excluding hydrogens is 170 g/mol. The number of aliphatic hydroxyl groups is 1. The topological polar surface area (TPSA) is 75.7 Å². The maximum absolute atomic E-state index is 9.26. The summed E-state index contributed by atoms with van der Waals surface area (Å²) >= 11 is 0. The van der Waals surface area contributed by atoms with E-state index in [0.29, 0.717) is 5.75 Å². The van der Waals surface area contributed by atoms with Gasteiger partial charge in [0.2, 0.25) is 0 Å². The summed E-state index contributed by atoms with van der Waals surface area (Å²) in [5, 5.41) is 18.3. The number of hydrogen-bond donors (Lipinski definition) is 3. The molecule has 0 radical (unpaired) electrons. The number of benzene rings is 1. The molecule has 1 rings (SSSR count). The molecule has 1 unspecified atom stereocenters. The zero-order chi connectivity index (χ0) is 9.68. The van der Waals surface area contributed by atoms with Gasteiger partial charge in [-0.15, -0.1) is 0 Å². The molecule has 0 bridgehead atoms. The van der Waals surface area contributed by atoms with Crippen molar-refractivity contribution in [2.75, 3.05) is 13.2 Å². The van der Waals surface area contributed by atoms with E-state index in [1.807, 2.05) is 0 Å². The Morgan fingerprint density at radius 2 is 2.08 bits per heavy atom. The first-order valence-electron chi connectivity index (χ1n) is 4.03. The highest BCUT2D eigenvalue weighted by molar-refractivity contribution is 5.37. The second-order valence-electron chi connectivity index (χ2n) is 2.67. The molecule has 0 aliphatic carbocycles. The Balaban J connectivity index is 2.50. The van der Waals surface area contributed by atoms with Crippen LogP contribution in [-0.2, 0) is 0 Å². The quantitative estimate of drug-likeness (QED) is 0.618. The lowest BCUT2D eigenvalue weighted by Crippen LogP contribution is -2.26. The number of hydrogen-bond acceptors (Lipinski definition) is 4. The number of aliphatic hydroxyl groups excluding tert-OH is 1. The number of rotatable bonds is 4. The minimum absolute atomic E-state index is 0.0618. The largest absolute Gasteiger partial charge is 0.504 e. The summed E-state index contributed by atoms with van der Waals surface area (Å²) < 4.78 is 5.11. The SMILES string of the molecule is NCC(O)COc1ccccc1O. The van der Waals surface area contributed by atoms with Crippen molar-refractivity contribution >= 4 is 0 Å². The summed E-state index contributed by atoms with van der Waals surface area (Å²) in [4.78, 5) is 0. The number of nitrogens with two attached hydrogens (primary N) is 1. The van der Waals surface area contributed by atoms with E-state index in [0.717, 1.165) is 0 Å². The summed E-state index contributed by atoms with van der Waals surface area (Å²) in [6, 6.07) is 6.58. The van der Waals surface area contributed by atoms with Gasteiger partial charge in [-0.3, -0.25) is 0 Å². The van der Waals surface area contributed by atoms with Crippen LogP contribution >= 0.6 is 0 Å². The molecule has 4 nitrogen and oxygen atoms in total. The average molecular weight is 183 g/mol. The molecule has 1 aromatic carbocycles. The number of phenols is 1. The minimum Gasteiger partial charge on any atom is -0.504 e. The lowest BCUT2D eigenvalue weighted by Gasteiger charge is -2.10. The third kappa shape index (κ3) is 2.93. The lowest BCUT2D eigenvalue weighted by atomic mass is 10.3. The molecule has 4 N–H and O–H groups in total. The van der Waals surface area contributed by atoms with Gasteiger partial charge in [-0.05, 0) is 12.1 Å². The van der Waals surface area contributed by atoms with Crippen LogP contribution < -0.4 is 10.5 Å². The summed E-state index contributed by atoms with van der Waals surface area (Å²) in [6.07, 6.45) is -0.695. The highest BCUT2D eigenvalue weighted by atomic mass is 16.5. The molecule has 0 saturated heterocycles. The molecule has 1 atom stereocenters. The molecule has 72 valence electrons. The van der Waals surface area contributed by atoms with E-state index >= 15 is 0 Å². The van der Waals surface area contributed by atoms with Gasteiger partial charge >= 0.3 is 0 Å². The van der Waals surface area contributed by atoms with Crippen molar-refractivity contribution in [2.24, 2.45) is 5.73 Å². The number of para-hydroxylation sites is 2. The Hall–Kier alpha value is -1.26.